The second-order valence-electron chi connectivity index (χ2n) is 5.23. The van der Waals surface area contributed by atoms with Crippen molar-refractivity contribution in [3.8, 4) is 0 Å². The molecular formula is C13H16ClN3O4. The fraction of sp³-hybridized carbons (Fsp3) is 0.462. The van der Waals surface area contributed by atoms with Crippen molar-refractivity contribution in [1.29, 1.82) is 0 Å². The lowest BCUT2D eigenvalue weighted by Crippen LogP contribution is -2.40. The maximum absolute atomic E-state index is 12.1. The lowest BCUT2D eigenvalue weighted by Gasteiger charge is -2.23. The van der Waals surface area contributed by atoms with Gasteiger partial charge in [-0.25, -0.2) is 0 Å². The molecule has 114 valence electrons. The molecule has 1 saturated heterocycles. The molecular weight excluding hydrogens is 298 g/mol. The molecule has 0 spiro atoms. The van der Waals surface area contributed by atoms with Crippen LogP contribution >= 0.6 is 11.6 Å². The van der Waals surface area contributed by atoms with E-state index in [0.717, 1.165) is 18.9 Å². The van der Waals surface area contributed by atoms with E-state index in [-0.39, 0.29) is 27.6 Å². The Labute approximate surface area is 126 Å². The van der Waals surface area contributed by atoms with Crippen molar-refractivity contribution in [2.45, 2.75) is 25.4 Å². The number of nitrogens with one attached hydrogen (secondary N) is 1. The van der Waals surface area contributed by atoms with E-state index in [1.54, 1.807) is 0 Å². The summed E-state index contributed by atoms with van der Waals surface area (Å²) >= 11 is 5.83. The quantitative estimate of drug-likeness (QED) is 0.503. The third-order valence-electron chi connectivity index (χ3n) is 3.49. The molecule has 0 bridgehead atoms. The summed E-state index contributed by atoms with van der Waals surface area (Å²) in [6.45, 7) is 2.92. The van der Waals surface area contributed by atoms with Gasteiger partial charge >= 0.3 is 0 Å². The normalized spacial score (nSPS) is 21.2. The summed E-state index contributed by atoms with van der Waals surface area (Å²) < 4.78 is 5.56. The monoisotopic (exact) mass is 313 g/mol. The fourth-order valence-corrected chi connectivity index (χ4v) is 2.45. The number of anilines is 1. The molecule has 7 nitrogen and oxygen atoms in total. The van der Waals surface area contributed by atoms with Gasteiger partial charge in [0.25, 0.3) is 11.6 Å². The molecule has 1 atom stereocenters. The van der Waals surface area contributed by atoms with E-state index >= 15 is 0 Å². The Kier molecular flexibility index (Phi) is 4.34. The van der Waals surface area contributed by atoms with E-state index in [1.807, 2.05) is 6.92 Å². The van der Waals surface area contributed by atoms with Gasteiger partial charge in [0.2, 0.25) is 0 Å². The second-order valence-corrected chi connectivity index (χ2v) is 5.64. The Morgan fingerprint density at radius 3 is 2.90 bits per heavy atom. The van der Waals surface area contributed by atoms with E-state index in [9.17, 15) is 14.9 Å². The number of hydrogen-bond donors (Lipinski definition) is 2. The number of benzene rings is 1. The minimum absolute atomic E-state index is 0.0160. The summed E-state index contributed by atoms with van der Waals surface area (Å²) in [5.74, 6) is -0.447. The standard InChI is InChI=1S/C13H16ClN3O4/c1-13(3-2-4-21-13)7-16-12(18)8-5-9(14)11(15)10(6-8)17(19)20/h5-6H,2-4,7,15H2,1H3,(H,16,18). The molecule has 2 rings (SSSR count). The first-order valence-corrected chi connectivity index (χ1v) is 6.86. The molecule has 0 radical (unpaired) electrons. The third-order valence-corrected chi connectivity index (χ3v) is 3.80. The van der Waals surface area contributed by atoms with Crippen molar-refractivity contribution in [2.75, 3.05) is 18.9 Å². The highest BCUT2D eigenvalue weighted by Crippen LogP contribution is 2.31. The van der Waals surface area contributed by atoms with E-state index < -0.39 is 10.8 Å². The summed E-state index contributed by atoms with van der Waals surface area (Å²) in [6, 6.07) is 2.44. The molecule has 1 aromatic rings. The van der Waals surface area contributed by atoms with Crippen LogP contribution in [-0.2, 0) is 4.74 Å². The molecule has 21 heavy (non-hydrogen) atoms. The predicted molar refractivity (Wildman–Crippen MR) is 78.4 cm³/mol. The van der Waals surface area contributed by atoms with Crippen molar-refractivity contribution in [3.05, 3.63) is 32.8 Å². The Hall–Kier alpha value is -1.86. The van der Waals surface area contributed by atoms with Gasteiger partial charge in [-0.15, -0.1) is 0 Å². The Bertz CT molecular complexity index is 585. The average molecular weight is 314 g/mol. The first-order chi connectivity index (χ1) is 9.82. The van der Waals surface area contributed by atoms with E-state index in [2.05, 4.69) is 5.32 Å². The number of hydrogen-bond acceptors (Lipinski definition) is 5. The number of nitrogen functional groups attached to an aromatic ring is 1. The summed E-state index contributed by atoms with van der Waals surface area (Å²) in [7, 11) is 0. The van der Waals surface area contributed by atoms with Gasteiger partial charge in [-0.05, 0) is 25.8 Å². The Balaban J connectivity index is 2.14. The molecule has 8 heteroatoms. The minimum atomic E-state index is -0.667. The molecule has 3 N–H and O–H groups in total. The van der Waals surface area contributed by atoms with Crippen LogP contribution in [0.4, 0.5) is 11.4 Å². The van der Waals surface area contributed by atoms with Crippen LogP contribution in [0, 0.1) is 10.1 Å². The second kappa shape index (κ2) is 5.87. The van der Waals surface area contributed by atoms with Crippen molar-refractivity contribution >= 4 is 28.9 Å². The Morgan fingerprint density at radius 1 is 1.62 bits per heavy atom. The van der Waals surface area contributed by atoms with E-state index in [4.69, 9.17) is 22.1 Å². The highest BCUT2D eigenvalue weighted by atomic mass is 35.5. The predicted octanol–water partition coefficient (Wildman–Crippen LogP) is 2.13. The zero-order chi connectivity index (χ0) is 15.6. The molecule has 0 aliphatic carbocycles. The minimum Gasteiger partial charge on any atom is -0.392 e. The zero-order valence-corrected chi connectivity index (χ0v) is 12.3. The van der Waals surface area contributed by atoms with Crippen molar-refractivity contribution in [2.24, 2.45) is 0 Å². The van der Waals surface area contributed by atoms with Crippen LogP contribution in [0.3, 0.4) is 0 Å². The van der Waals surface area contributed by atoms with Crippen LogP contribution in [0.25, 0.3) is 0 Å². The summed E-state index contributed by atoms with van der Waals surface area (Å²) in [4.78, 5) is 22.3. The van der Waals surface area contributed by atoms with E-state index in [1.165, 1.54) is 6.07 Å². The van der Waals surface area contributed by atoms with E-state index in [0.29, 0.717) is 13.2 Å². The van der Waals surface area contributed by atoms with Gasteiger partial charge in [0.05, 0.1) is 15.5 Å². The fourth-order valence-electron chi connectivity index (χ4n) is 2.23. The first kappa shape index (κ1) is 15.5. The van der Waals surface area contributed by atoms with Crippen molar-refractivity contribution < 1.29 is 14.5 Å². The smallest absolute Gasteiger partial charge is 0.294 e. The number of nitro benzene ring substituents is 1. The maximum Gasteiger partial charge on any atom is 0.294 e. The largest absolute Gasteiger partial charge is 0.392 e. The summed E-state index contributed by atoms with van der Waals surface area (Å²) in [5, 5.41) is 13.6. The third kappa shape index (κ3) is 3.43. The number of nitro groups is 1. The number of nitrogens with zero attached hydrogens (tertiary/aromatic N) is 1. The number of halogens is 1. The number of nitrogens with two attached hydrogens (primary N) is 1. The lowest BCUT2D eigenvalue weighted by atomic mass is 10.0. The number of ether oxygens (including phenoxy) is 1. The number of amides is 1. The first-order valence-electron chi connectivity index (χ1n) is 6.48. The van der Waals surface area contributed by atoms with Crippen molar-refractivity contribution in [1.82, 2.24) is 5.32 Å². The number of carbonyl (C=O) groups excluding carboxylic acids is 1. The van der Waals surface area contributed by atoms with Crippen molar-refractivity contribution in [3.63, 3.8) is 0 Å². The van der Waals surface area contributed by atoms with Crippen LogP contribution in [0.1, 0.15) is 30.1 Å². The van der Waals surface area contributed by atoms with Gasteiger partial charge in [-0.1, -0.05) is 11.6 Å². The van der Waals surface area contributed by atoms with Gasteiger partial charge in [-0.3, -0.25) is 14.9 Å². The molecule has 1 heterocycles. The number of rotatable bonds is 4. The zero-order valence-electron chi connectivity index (χ0n) is 11.5. The van der Waals surface area contributed by atoms with Gasteiger partial charge in [0.1, 0.15) is 5.69 Å². The number of carbonyl (C=O) groups is 1. The van der Waals surface area contributed by atoms with Crippen LogP contribution in [0.15, 0.2) is 12.1 Å². The topological polar surface area (TPSA) is 107 Å². The lowest BCUT2D eigenvalue weighted by molar-refractivity contribution is -0.383. The van der Waals surface area contributed by atoms with Gasteiger partial charge < -0.3 is 15.8 Å². The molecule has 1 aromatic carbocycles. The van der Waals surface area contributed by atoms with Crippen LogP contribution in [0.5, 0.6) is 0 Å². The molecule has 1 fully saturated rings. The Morgan fingerprint density at radius 2 is 2.33 bits per heavy atom. The van der Waals surface area contributed by atoms with Crippen LogP contribution in [0.2, 0.25) is 5.02 Å². The van der Waals surface area contributed by atoms with Crippen LogP contribution in [-0.4, -0.2) is 29.6 Å². The van der Waals surface area contributed by atoms with Gasteiger partial charge in [0, 0.05) is 24.8 Å². The van der Waals surface area contributed by atoms with Gasteiger partial charge in [0.15, 0.2) is 0 Å². The molecule has 0 aromatic heterocycles. The summed E-state index contributed by atoms with van der Waals surface area (Å²) in [6.07, 6.45) is 1.81. The van der Waals surface area contributed by atoms with Crippen LogP contribution < -0.4 is 11.1 Å². The summed E-state index contributed by atoms with van der Waals surface area (Å²) in [5.41, 5.74) is 4.70. The highest BCUT2D eigenvalue weighted by molar-refractivity contribution is 6.34. The molecule has 1 aliphatic heterocycles. The molecule has 0 saturated carbocycles. The van der Waals surface area contributed by atoms with Gasteiger partial charge in [-0.2, -0.15) is 0 Å². The maximum atomic E-state index is 12.1. The highest BCUT2D eigenvalue weighted by Gasteiger charge is 2.30. The molecule has 1 aliphatic rings. The molecule has 1 unspecified atom stereocenters. The average Bonchev–Trinajstić information content (AvgIpc) is 2.86. The SMILES string of the molecule is CC1(CNC(=O)c2cc(Cl)c(N)c([N+](=O)[O-])c2)CCCO1. The molecule has 1 amide bonds.